The number of nitriles is 1. The van der Waals surface area contributed by atoms with E-state index in [-0.39, 0.29) is 21.0 Å². The van der Waals surface area contributed by atoms with Crippen molar-refractivity contribution in [1.29, 1.82) is 5.26 Å². The minimum absolute atomic E-state index is 0.00159. The molecule has 96 valence electrons. The fraction of sp³-hybridized carbons (Fsp3) is 0.273. The molecular weight excluding hydrogens is 278 g/mol. The van der Waals surface area contributed by atoms with Gasteiger partial charge in [0.25, 0.3) is 0 Å². The van der Waals surface area contributed by atoms with E-state index < -0.39 is 21.1 Å². The monoisotopic (exact) mass is 287 g/mol. The van der Waals surface area contributed by atoms with Gasteiger partial charge in [0.1, 0.15) is 5.25 Å². The molecule has 0 aliphatic heterocycles. The van der Waals surface area contributed by atoms with Crippen molar-refractivity contribution in [1.82, 2.24) is 0 Å². The summed E-state index contributed by atoms with van der Waals surface area (Å²) >= 11 is 5.71. The minimum Gasteiger partial charge on any atom is -0.478 e. The van der Waals surface area contributed by atoms with Crippen LogP contribution in [0.3, 0.4) is 0 Å². The van der Waals surface area contributed by atoms with Gasteiger partial charge in [-0.25, -0.2) is 13.2 Å². The predicted molar refractivity (Wildman–Crippen MR) is 65.4 cm³/mol. The van der Waals surface area contributed by atoms with E-state index in [1.165, 1.54) is 19.9 Å². The molecule has 0 heterocycles. The summed E-state index contributed by atoms with van der Waals surface area (Å²) in [6, 6.07) is 3.96. The number of hydrogen-bond acceptors (Lipinski definition) is 4. The number of rotatable bonds is 3. The molecule has 1 N–H and O–H groups in total. The number of carbonyl (C=O) groups is 1. The van der Waals surface area contributed by atoms with Crippen LogP contribution in [0.5, 0.6) is 0 Å². The van der Waals surface area contributed by atoms with Crippen LogP contribution in [0.4, 0.5) is 0 Å². The molecule has 1 aromatic rings. The Labute approximate surface area is 110 Å². The zero-order valence-electron chi connectivity index (χ0n) is 9.64. The van der Waals surface area contributed by atoms with Gasteiger partial charge in [-0.15, -0.1) is 0 Å². The van der Waals surface area contributed by atoms with Crippen LogP contribution in [0.1, 0.15) is 22.8 Å². The first-order valence-electron chi connectivity index (χ1n) is 4.88. The van der Waals surface area contributed by atoms with E-state index in [4.69, 9.17) is 22.0 Å². The average Bonchev–Trinajstić information content (AvgIpc) is 2.29. The van der Waals surface area contributed by atoms with E-state index >= 15 is 0 Å². The molecule has 5 nitrogen and oxygen atoms in total. The topological polar surface area (TPSA) is 95.2 Å². The number of sulfone groups is 1. The minimum atomic E-state index is -3.91. The summed E-state index contributed by atoms with van der Waals surface area (Å²) in [6.07, 6.45) is 0. The largest absolute Gasteiger partial charge is 0.478 e. The molecule has 1 unspecified atom stereocenters. The molecule has 1 aromatic carbocycles. The van der Waals surface area contributed by atoms with Gasteiger partial charge < -0.3 is 5.11 Å². The van der Waals surface area contributed by atoms with Crippen molar-refractivity contribution in [3.05, 3.63) is 28.3 Å². The Morgan fingerprint density at radius 2 is 2.06 bits per heavy atom. The van der Waals surface area contributed by atoms with Crippen LogP contribution in [-0.2, 0) is 9.84 Å². The second kappa shape index (κ2) is 4.96. The molecule has 0 amide bonds. The predicted octanol–water partition coefficient (Wildman–Crippen LogP) is 2.03. The van der Waals surface area contributed by atoms with Crippen LogP contribution in [0, 0.1) is 18.3 Å². The van der Waals surface area contributed by atoms with Crippen molar-refractivity contribution < 1.29 is 18.3 Å². The third kappa shape index (κ3) is 2.47. The highest BCUT2D eigenvalue weighted by atomic mass is 35.5. The lowest BCUT2D eigenvalue weighted by Gasteiger charge is -2.11. The first-order valence-corrected chi connectivity index (χ1v) is 6.81. The molecule has 0 saturated carbocycles. The van der Waals surface area contributed by atoms with Crippen LogP contribution >= 0.6 is 11.6 Å². The van der Waals surface area contributed by atoms with Gasteiger partial charge in [-0.2, -0.15) is 5.26 Å². The van der Waals surface area contributed by atoms with Crippen LogP contribution in [0.15, 0.2) is 17.0 Å². The highest BCUT2D eigenvalue weighted by molar-refractivity contribution is 7.92. The number of benzene rings is 1. The fourth-order valence-electron chi connectivity index (χ4n) is 1.43. The summed E-state index contributed by atoms with van der Waals surface area (Å²) in [4.78, 5) is 10.8. The SMILES string of the molecule is Cc1c(C(=O)O)cc(Cl)cc1S(=O)(=O)C(C)C#N. The number of carboxylic acids is 1. The van der Waals surface area contributed by atoms with Gasteiger partial charge >= 0.3 is 5.97 Å². The summed E-state index contributed by atoms with van der Waals surface area (Å²) < 4.78 is 24.1. The zero-order chi connectivity index (χ0) is 14.1. The Morgan fingerprint density at radius 3 is 2.50 bits per heavy atom. The quantitative estimate of drug-likeness (QED) is 0.917. The third-order valence-electron chi connectivity index (χ3n) is 2.51. The number of carboxylic acid groups (broad SMARTS) is 1. The molecule has 0 radical (unpaired) electrons. The Hall–Kier alpha value is -1.58. The van der Waals surface area contributed by atoms with Gasteiger partial charge in [-0.05, 0) is 31.5 Å². The lowest BCUT2D eigenvalue weighted by atomic mass is 10.1. The Balaban J connectivity index is 3.63. The number of hydrogen-bond donors (Lipinski definition) is 1. The normalized spacial score (nSPS) is 12.8. The Kier molecular flexibility index (Phi) is 3.99. The van der Waals surface area contributed by atoms with E-state index in [9.17, 15) is 13.2 Å². The van der Waals surface area contributed by atoms with Gasteiger partial charge in [0, 0.05) is 5.02 Å². The average molecular weight is 288 g/mol. The molecule has 7 heteroatoms. The molecule has 0 aromatic heterocycles. The second-order valence-corrected chi connectivity index (χ2v) is 6.37. The van der Waals surface area contributed by atoms with Crippen molar-refractivity contribution >= 4 is 27.4 Å². The summed E-state index contributed by atoms with van der Waals surface area (Å²) in [6.45, 7) is 2.60. The highest BCUT2D eigenvalue weighted by Crippen LogP contribution is 2.27. The van der Waals surface area contributed by atoms with Crippen molar-refractivity contribution in [2.45, 2.75) is 24.0 Å². The molecule has 0 spiro atoms. The first-order chi connectivity index (χ1) is 8.21. The zero-order valence-corrected chi connectivity index (χ0v) is 11.2. The molecular formula is C11H10ClNO4S. The number of aromatic carboxylic acids is 1. The van der Waals surface area contributed by atoms with Crippen LogP contribution in [0.25, 0.3) is 0 Å². The van der Waals surface area contributed by atoms with Crippen LogP contribution in [-0.4, -0.2) is 24.7 Å². The van der Waals surface area contributed by atoms with E-state index in [1.807, 2.05) is 0 Å². The summed E-state index contributed by atoms with van der Waals surface area (Å²) in [5.74, 6) is -1.27. The van der Waals surface area contributed by atoms with E-state index in [2.05, 4.69) is 0 Å². The van der Waals surface area contributed by atoms with Crippen LogP contribution in [0.2, 0.25) is 5.02 Å². The Morgan fingerprint density at radius 1 is 1.50 bits per heavy atom. The summed E-state index contributed by atoms with van der Waals surface area (Å²) in [7, 11) is -3.91. The van der Waals surface area contributed by atoms with Crippen LogP contribution < -0.4 is 0 Å². The third-order valence-corrected chi connectivity index (χ3v) is 4.80. The van der Waals surface area contributed by atoms with E-state index in [0.717, 1.165) is 6.07 Å². The first kappa shape index (κ1) is 14.5. The van der Waals surface area contributed by atoms with E-state index in [0.29, 0.717) is 0 Å². The van der Waals surface area contributed by atoms with Gasteiger partial charge in [0.05, 0.1) is 16.5 Å². The van der Waals surface area contributed by atoms with Gasteiger partial charge in [0.15, 0.2) is 9.84 Å². The van der Waals surface area contributed by atoms with Crippen molar-refractivity contribution in [2.75, 3.05) is 0 Å². The maximum absolute atomic E-state index is 12.0. The van der Waals surface area contributed by atoms with Gasteiger partial charge in [-0.1, -0.05) is 11.6 Å². The lowest BCUT2D eigenvalue weighted by Crippen LogP contribution is -2.18. The molecule has 0 fully saturated rings. The highest BCUT2D eigenvalue weighted by Gasteiger charge is 2.27. The van der Waals surface area contributed by atoms with Crippen molar-refractivity contribution in [3.63, 3.8) is 0 Å². The number of nitrogens with zero attached hydrogens (tertiary/aromatic N) is 1. The van der Waals surface area contributed by atoms with Crippen molar-refractivity contribution in [3.8, 4) is 6.07 Å². The molecule has 18 heavy (non-hydrogen) atoms. The maximum atomic E-state index is 12.0. The van der Waals surface area contributed by atoms with Gasteiger partial charge in [0.2, 0.25) is 0 Å². The van der Waals surface area contributed by atoms with Gasteiger partial charge in [-0.3, -0.25) is 0 Å². The van der Waals surface area contributed by atoms with Crippen molar-refractivity contribution in [2.24, 2.45) is 0 Å². The summed E-state index contributed by atoms with van der Waals surface area (Å²) in [5, 5.41) is 16.4. The lowest BCUT2D eigenvalue weighted by molar-refractivity contribution is 0.0696. The molecule has 0 saturated heterocycles. The summed E-state index contributed by atoms with van der Waals surface area (Å²) in [5.41, 5.74) is -0.111. The maximum Gasteiger partial charge on any atom is 0.336 e. The van der Waals surface area contributed by atoms with E-state index in [1.54, 1.807) is 6.07 Å². The smallest absolute Gasteiger partial charge is 0.336 e. The molecule has 0 bridgehead atoms. The Bertz CT molecular complexity index is 646. The standard InChI is InChI=1S/C11H10ClNO4S/c1-6(5-13)18(16,17)10-4-8(12)3-9(7(10)2)11(14)15/h3-4,6H,1-2H3,(H,14,15). The molecule has 1 rings (SSSR count). The molecule has 1 atom stereocenters. The second-order valence-electron chi connectivity index (χ2n) is 3.70. The molecule has 0 aliphatic carbocycles. The molecule has 0 aliphatic rings. The fourth-order valence-corrected chi connectivity index (χ4v) is 3.06. The number of halogens is 1.